The van der Waals surface area contributed by atoms with Crippen LogP contribution in [-0.4, -0.2) is 43.2 Å². The van der Waals surface area contributed by atoms with Crippen LogP contribution in [0.3, 0.4) is 0 Å². The Morgan fingerprint density at radius 3 is 2.83 bits per heavy atom. The Hall–Kier alpha value is -1.44. The third-order valence-corrected chi connectivity index (χ3v) is 3.11. The molecule has 1 amide bonds. The lowest BCUT2D eigenvalue weighted by Gasteiger charge is -2.26. The lowest BCUT2D eigenvalue weighted by atomic mass is 10.2. The van der Waals surface area contributed by atoms with E-state index in [4.69, 9.17) is 5.11 Å². The molecule has 2 rings (SSSR count). The summed E-state index contributed by atoms with van der Waals surface area (Å²) in [6, 6.07) is 0. The second-order valence-corrected chi connectivity index (χ2v) is 4.79. The molecule has 0 saturated carbocycles. The van der Waals surface area contributed by atoms with Gasteiger partial charge in [-0.05, 0) is 22.4 Å². The van der Waals surface area contributed by atoms with Crippen LogP contribution in [0.4, 0.5) is 0 Å². The summed E-state index contributed by atoms with van der Waals surface area (Å²) in [7, 11) is 0. The number of carbonyl (C=O) groups excluding carboxylic acids is 1. The van der Waals surface area contributed by atoms with Gasteiger partial charge in [-0.25, -0.2) is 9.67 Å². The molecule has 1 aromatic heterocycles. The van der Waals surface area contributed by atoms with Gasteiger partial charge in [0.25, 0.3) is 0 Å². The van der Waals surface area contributed by atoms with Crippen LogP contribution in [0.25, 0.3) is 0 Å². The van der Waals surface area contributed by atoms with Gasteiger partial charge in [0.2, 0.25) is 10.6 Å². The van der Waals surface area contributed by atoms with Crippen LogP contribution in [-0.2, 0) is 22.7 Å². The van der Waals surface area contributed by atoms with Gasteiger partial charge in [0, 0.05) is 19.4 Å². The van der Waals surface area contributed by atoms with E-state index in [1.54, 1.807) is 9.58 Å². The molecule has 0 aliphatic carbocycles. The molecule has 0 fully saturated rings. The molecule has 2 heterocycles. The van der Waals surface area contributed by atoms with Gasteiger partial charge < -0.3 is 10.0 Å². The largest absolute Gasteiger partial charge is 0.481 e. The minimum atomic E-state index is -0.870. The van der Waals surface area contributed by atoms with Gasteiger partial charge in [0.05, 0.1) is 13.1 Å². The van der Waals surface area contributed by atoms with Gasteiger partial charge in [-0.1, -0.05) is 0 Å². The maximum Gasteiger partial charge on any atom is 0.303 e. The molecule has 0 bridgehead atoms. The molecule has 1 aliphatic heterocycles. The molecule has 1 N–H and O–H groups in total. The van der Waals surface area contributed by atoms with Gasteiger partial charge in [-0.2, -0.15) is 0 Å². The Bertz CT molecular complexity index is 474. The predicted octanol–water partition coefficient (Wildman–Crippen LogP) is 0.638. The fourth-order valence-electron chi connectivity index (χ4n) is 1.87. The summed E-state index contributed by atoms with van der Waals surface area (Å²) in [4.78, 5) is 28.1. The van der Waals surface area contributed by atoms with Gasteiger partial charge in [0.15, 0.2) is 0 Å². The van der Waals surface area contributed by atoms with Gasteiger partial charge in [-0.3, -0.25) is 9.59 Å². The average molecular weight is 317 g/mol. The predicted molar refractivity (Wildman–Crippen MR) is 64.6 cm³/mol. The van der Waals surface area contributed by atoms with Crippen molar-refractivity contribution in [3.8, 4) is 0 Å². The molecule has 0 spiro atoms. The first-order valence-corrected chi connectivity index (χ1v) is 6.44. The van der Waals surface area contributed by atoms with Crippen LogP contribution in [0.1, 0.15) is 25.1 Å². The van der Waals surface area contributed by atoms with E-state index < -0.39 is 5.97 Å². The second-order valence-electron chi connectivity index (χ2n) is 4.08. The van der Waals surface area contributed by atoms with E-state index in [0.717, 1.165) is 5.82 Å². The van der Waals surface area contributed by atoms with E-state index >= 15 is 0 Å². The van der Waals surface area contributed by atoms with Crippen molar-refractivity contribution in [3.63, 3.8) is 0 Å². The molecular formula is C10H13BrN4O3. The summed E-state index contributed by atoms with van der Waals surface area (Å²) in [5, 5.41) is 12.7. The van der Waals surface area contributed by atoms with Crippen LogP contribution in [0, 0.1) is 0 Å². The van der Waals surface area contributed by atoms with E-state index in [9.17, 15) is 9.59 Å². The zero-order chi connectivity index (χ0) is 13.1. The smallest absolute Gasteiger partial charge is 0.303 e. The van der Waals surface area contributed by atoms with E-state index in [2.05, 4.69) is 26.0 Å². The quantitative estimate of drug-likeness (QED) is 0.880. The SMILES string of the molecule is O=C(O)CCCC(=O)N1CCn2nc(Br)nc2C1. The fourth-order valence-corrected chi connectivity index (χ4v) is 2.26. The zero-order valence-corrected chi connectivity index (χ0v) is 11.3. The molecule has 1 aromatic rings. The van der Waals surface area contributed by atoms with E-state index in [-0.39, 0.29) is 18.7 Å². The highest BCUT2D eigenvalue weighted by molar-refractivity contribution is 9.10. The molecular weight excluding hydrogens is 304 g/mol. The van der Waals surface area contributed by atoms with Crippen molar-refractivity contribution in [2.75, 3.05) is 6.54 Å². The molecule has 8 heteroatoms. The van der Waals surface area contributed by atoms with Gasteiger partial charge in [0.1, 0.15) is 5.82 Å². The van der Waals surface area contributed by atoms with Crippen molar-refractivity contribution in [1.82, 2.24) is 19.7 Å². The summed E-state index contributed by atoms with van der Waals surface area (Å²) >= 11 is 3.20. The summed E-state index contributed by atoms with van der Waals surface area (Å²) in [5.41, 5.74) is 0. The number of hydrogen-bond acceptors (Lipinski definition) is 4. The second kappa shape index (κ2) is 5.47. The van der Waals surface area contributed by atoms with E-state index in [0.29, 0.717) is 30.8 Å². The lowest BCUT2D eigenvalue weighted by Crippen LogP contribution is -2.38. The molecule has 0 radical (unpaired) electrons. The number of amides is 1. The normalized spacial score (nSPS) is 14.4. The summed E-state index contributed by atoms with van der Waals surface area (Å²) < 4.78 is 2.29. The third-order valence-electron chi connectivity index (χ3n) is 2.77. The third kappa shape index (κ3) is 3.06. The van der Waals surface area contributed by atoms with E-state index in [1.165, 1.54) is 0 Å². The number of aliphatic carboxylic acids is 1. The number of rotatable bonds is 4. The Morgan fingerprint density at radius 1 is 1.33 bits per heavy atom. The fraction of sp³-hybridized carbons (Fsp3) is 0.600. The van der Waals surface area contributed by atoms with Crippen LogP contribution in [0.5, 0.6) is 0 Å². The molecule has 0 unspecified atom stereocenters. The molecule has 18 heavy (non-hydrogen) atoms. The number of halogens is 1. The van der Waals surface area contributed by atoms with Crippen molar-refractivity contribution in [1.29, 1.82) is 0 Å². The van der Waals surface area contributed by atoms with Crippen molar-refractivity contribution in [2.45, 2.75) is 32.4 Å². The Balaban J connectivity index is 1.88. The van der Waals surface area contributed by atoms with Gasteiger partial charge >= 0.3 is 5.97 Å². The summed E-state index contributed by atoms with van der Waals surface area (Å²) in [5.74, 6) is -0.147. The van der Waals surface area contributed by atoms with Crippen molar-refractivity contribution in [3.05, 3.63) is 10.6 Å². The number of aromatic nitrogens is 3. The minimum absolute atomic E-state index is 0.0263. The maximum absolute atomic E-state index is 11.9. The lowest BCUT2D eigenvalue weighted by molar-refractivity contribution is -0.137. The standard InChI is InChI=1S/C10H13BrN4O3/c11-10-12-7-6-14(4-5-15(7)13-10)8(16)2-1-3-9(17)18/h1-6H2,(H,17,18). The number of hydrogen-bond donors (Lipinski definition) is 1. The number of nitrogens with zero attached hydrogens (tertiary/aromatic N) is 4. The highest BCUT2D eigenvalue weighted by atomic mass is 79.9. The summed E-state index contributed by atoms with van der Waals surface area (Å²) in [6.07, 6.45) is 0.671. The van der Waals surface area contributed by atoms with Gasteiger partial charge in [-0.15, -0.1) is 5.10 Å². The Morgan fingerprint density at radius 2 is 2.11 bits per heavy atom. The highest BCUT2D eigenvalue weighted by Gasteiger charge is 2.22. The monoisotopic (exact) mass is 316 g/mol. The molecule has 1 aliphatic rings. The maximum atomic E-state index is 11.9. The average Bonchev–Trinajstić information content (AvgIpc) is 2.67. The molecule has 0 aromatic carbocycles. The van der Waals surface area contributed by atoms with E-state index in [1.807, 2.05) is 0 Å². The minimum Gasteiger partial charge on any atom is -0.481 e. The molecule has 0 atom stereocenters. The van der Waals surface area contributed by atoms with Crippen LogP contribution >= 0.6 is 15.9 Å². The molecule has 7 nitrogen and oxygen atoms in total. The number of carboxylic acid groups (broad SMARTS) is 1. The van der Waals surface area contributed by atoms with Crippen LogP contribution in [0.15, 0.2) is 4.73 Å². The highest BCUT2D eigenvalue weighted by Crippen LogP contribution is 2.14. The summed E-state index contributed by atoms with van der Waals surface area (Å²) in [6.45, 7) is 1.65. The first-order chi connectivity index (χ1) is 8.56. The van der Waals surface area contributed by atoms with Crippen LogP contribution < -0.4 is 0 Å². The van der Waals surface area contributed by atoms with Crippen molar-refractivity contribution >= 4 is 27.8 Å². The topological polar surface area (TPSA) is 88.3 Å². The first-order valence-electron chi connectivity index (χ1n) is 5.65. The van der Waals surface area contributed by atoms with Crippen molar-refractivity contribution in [2.24, 2.45) is 0 Å². The Kier molecular flexibility index (Phi) is 3.95. The number of carbonyl (C=O) groups is 2. The van der Waals surface area contributed by atoms with Crippen molar-refractivity contribution < 1.29 is 14.7 Å². The first kappa shape index (κ1) is 13.0. The number of carboxylic acids is 1. The Labute approximate surface area is 112 Å². The zero-order valence-electron chi connectivity index (χ0n) is 9.67. The molecule has 98 valence electrons. The number of fused-ring (bicyclic) bond motifs is 1. The molecule has 0 saturated heterocycles. The van der Waals surface area contributed by atoms with Crippen LogP contribution in [0.2, 0.25) is 0 Å².